The van der Waals surface area contributed by atoms with Crippen LogP contribution in [0.4, 0.5) is 4.39 Å². The second-order valence-electron chi connectivity index (χ2n) is 8.56. The predicted molar refractivity (Wildman–Crippen MR) is 141 cm³/mol. The lowest BCUT2D eigenvalue weighted by atomic mass is 10.1. The molecule has 0 bridgehead atoms. The maximum absolute atomic E-state index is 13.8. The van der Waals surface area contributed by atoms with E-state index >= 15 is 0 Å². The number of H-pyrrole nitrogens is 1. The number of fused-ring (bicyclic) bond motifs is 2. The van der Waals surface area contributed by atoms with E-state index in [0.29, 0.717) is 38.5 Å². The van der Waals surface area contributed by atoms with E-state index in [9.17, 15) is 14.0 Å². The summed E-state index contributed by atoms with van der Waals surface area (Å²) in [6.07, 6.45) is 0.619. The molecule has 0 saturated carbocycles. The first-order chi connectivity index (χ1) is 16.9. The van der Waals surface area contributed by atoms with Crippen LogP contribution in [0.1, 0.15) is 26.4 Å². The van der Waals surface area contributed by atoms with Gasteiger partial charge in [-0.1, -0.05) is 54.1 Å². The molecule has 2 aromatic heterocycles. The Morgan fingerprint density at radius 1 is 1.06 bits per heavy atom. The van der Waals surface area contributed by atoms with Crippen molar-refractivity contribution in [2.24, 2.45) is 0 Å². The van der Waals surface area contributed by atoms with Crippen molar-refractivity contribution in [1.82, 2.24) is 9.88 Å². The van der Waals surface area contributed by atoms with Crippen LogP contribution in [0.25, 0.3) is 21.0 Å². The van der Waals surface area contributed by atoms with E-state index in [1.807, 2.05) is 61.5 Å². The number of nitrogens with one attached hydrogen (secondary N) is 1. The first kappa shape index (κ1) is 23.3. The summed E-state index contributed by atoms with van der Waals surface area (Å²) in [6, 6.07) is 21.9. The molecule has 0 aliphatic rings. The lowest BCUT2D eigenvalue weighted by Crippen LogP contribution is -2.34. The van der Waals surface area contributed by atoms with Crippen LogP contribution in [-0.4, -0.2) is 22.3 Å². The Morgan fingerprint density at radius 3 is 2.66 bits per heavy atom. The summed E-state index contributed by atoms with van der Waals surface area (Å²) in [5, 5.41) is 1.85. The molecule has 4 nitrogen and oxygen atoms in total. The quantitative estimate of drug-likeness (QED) is 0.279. The van der Waals surface area contributed by atoms with Crippen molar-refractivity contribution in [3.05, 3.63) is 116 Å². The van der Waals surface area contributed by atoms with Gasteiger partial charge in [0.05, 0.1) is 11.6 Å². The maximum atomic E-state index is 13.8. The molecule has 5 aromatic rings. The predicted octanol–water partition coefficient (Wildman–Crippen LogP) is 6.73. The van der Waals surface area contributed by atoms with E-state index in [4.69, 9.17) is 11.6 Å². The number of thiophene rings is 1. The Labute approximate surface area is 210 Å². The number of aromatic nitrogens is 1. The number of rotatable bonds is 6. The van der Waals surface area contributed by atoms with Crippen molar-refractivity contribution in [1.29, 1.82) is 0 Å². The topological polar surface area (TPSA) is 53.2 Å². The first-order valence-electron chi connectivity index (χ1n) is 11.2. The number of hydrogen-bond acceptors (Lipinski definition) is 3. The summed E-state index contributed by atoms with van der Waals surface area (Å²) in [6.45, 7) is 2.49. The molecular weight excluding hydrogens is 483 g/mol. The molecule has 0 aliphatic heterocycles. The van der Waals surface area contributed by atoms with Gasteiger partial charge < -0.3 is 9.88 Å². The van der Waals surface area contributed by atoms with E-state index in [1.165, 1.54) is 23.5 Å². The molecule has 2 heterocycles. The molecule has 0 fully saturated rings. The lowest BCUT2D eigenvalue weighted by Gasteiger charge is -2.22. The first-order valence-corrected chi connectivity index (χ1v) is 12.4. The van der Waals surface area contributed by atoms with Gasteiger partial charge in [-0.05, 0) is 60.2 Å². The Kier molecular flexibility index (Phi) is 6.41. The summed E-state index contributed by atoms with van der Waals surface area (Å²) in [4.78, 5) is 31.5. The van der Waals surface area contributed by atoms with Crippen LogP contribution in [0.2, 0.25) is 5.02 Å². The number of benzene rings is 3. The average Bonchev–Trinajstić information content (AvgIpc) is 3.17. The van der Waals surface area contributed by atoms with Crippen molar-refractivity contribution in [2.75, 3.05) is 6.54 Å². The largest absolute Gasteiger partial charge is 0.333 e. The summed E-state index contributed by atoms with van der Waals surface area (Å²) < 4.78 is 14.4. The second-order valence-corrected chi connectivity index (χ2v) is 9.99. The van der Waals surface area contributed by atoms with Crippen molar-refractivity contribution in [3.8, 4) is 0 Å². The highest BCUT2D eigenvalue weighted by atomic mass is 35.5. The number of carbonyl (C=O) groups is 1. The summed E-state index contributed by atoms with van der Waals surface area (Å²) >= 11 is 7.73. The van der Waals surface area contributed by atoms with Gasteiger partial charge in [-0.15, -0.1) is 11.3 Å². The zero-order valence-corrected chi connectivity index (χ0v) is 20.5. The van der Waals surface area contributed by atoms with Crippen molar-refractivity contribution < 1.29 is 9.18 Å². The highest BCUT2D eigenvalue weighted by Gasteiger charge is 2.24. The van der Waals surface area contributed by atoms with Crippen molar-refractivity contribution >= 4 is 49.8 Å². The van der Waals surface area contributed by atoms with Crippen molar-refractivity contribution in [2.45, 2.75) is 19.9 Å². The number of nitrogens with zero attached hydrogens (tertiary/aromatic N) is 1. The molecule has 0 spiro atoms. The molecule has 0 atom stereocenters. The average molecular weight is 505 g/mol. The minimum Gasteiger partial charge on any atom is -0.333 e. The zero-order valence-electron chi connectivity index (χ0n) is 19.0. The van der Waals surface area contributed by atoms with E-state index < -0.39 is 0 Å². The van der Waals surface area contributed by atoms with E-state index in [2.05, 4.69) is 4.98 Å². The fraction of sp³-hybridized carbons (Fsp3) is 0.143. The Balaban J connectivity index is 1.52. The van der Waals surface area contributed by atoms with Crippen molar-refractivity contribution in [3.63, 3.8) is 0 Å². The number of halogens is 2. The highest BCUT2D eigenvalue weighted by Crippen LogP contribution is 2.36. The molecule has 0 saturated heterocycles. The number of aromatic amines is 1. The fourth-order valence-corrected chi connectivity index (χ4v) is 5.67. The fourth-order valence-electron chi connectivity index (χ4n) is 4.16. The van der Waals surface area contributed by atoms with Gasteiger partial charge in [-0.3, -0.25) is 9.59 Å². The molecule has 0 aliphatic carbocycles. The minimum absolute atomic E-state index is 0.129. The van der Waals surface area contributed by atoms with E-state index in [-0.39, 0.29) is 23.8 Å². The van der Waals surface area contributed by atoms with E-state index in [0.717, 1.165) is 22.0 Å². The maximum Gasteiger partial charge on any atom is 0.265 e. The van der Waals surface area contributed by atoms with Crippen LogP contribution in [-0.2, 0) is 13.0 Å². The number of amides is 1. The molecule has 7 heteroatoms. The van der Waals surface area contributed by atoms with E-state index in [1.54, 1.807) is 11.0 Å². The third-order valence-corrected chi connectivity index (χ3v) is 7.67. The Morgan fingerprint density at radius 2 is 1.86 bits per heavy atom. The van der Waals surface area contributed by atoms with Crippen LogP contribution in [0.5, 0.6) is 0 Å². The molecule has 3 aromatic carbocycles. The second kappa shape index (κ2) is 9.64. The number of pyridine rings is 1. The smallest absolute Gasteiger partial charge is 0.265 e. The number of carbonyl (C=O) groups excluding carboxylic acids is 1. The third-order valence-electron chi connectivity index (χ3n) is 6.03. The molecule has 0 radical (unpaired) electrons. The lowest BCUT2D eigenvalue weighted by molar-refractivity contribution is 0.0749. The summed E-state index contributed by atoms with van der Waals surface area (Å²) in [5.41, 5.74) is 3.15. The van der Waals surface area contributed by atoms with Crippen LogP contribution >= 0.6 is 22.9 Å². The van der Waals surface area contributed by atoms with Crippen LogP contribution in [0.15, 0.2) is 77.6 Å². The number of aryl methyl sites for hydroxylation is 1. The highest BCUT2D eigenvalue weighted by molar-refractivity contribution is 7.21. The molecule has 1 N–H and O–H groups in total. The monoisotopic (exact) mass is 504 g/mol. The third kappa shape index (κ3) is 4.85. The Bertz CT molecular complexity index is 1610. The molecule has 176 valence electrons. The van der Waals surface area contributed by atoms with Gasteiger partial charge in [0.25, 0.3) is 11.5 Å². The Hall–Kier alpha value is -3.48. The molecule has 1 amide bonds. The standard InChI is InChI=1S/C28H22ClFN2O2S/c1-17-7-8-19-14-20(27(33)31-23(19)13-17)16-32(12-11-18-5-3-2-4-6-18)28(34)26-25(29)22-10-9-21(30)15-24(22)35-26/h2-10,13-15H,11-12,16H2,1H3,(H,31,33). The van der Waals surface area contributed by atoms with Crippen LogP contribution in [0.3, 0.4) is 0 Å². The molecular formula is C28H22ClFN2O2S. The number of hydrogen-bond donors (Lipinski definition) is 1. The van der Waals surface area contributed by atoms with Gasteiger partial charge in [0, 0.05) is 27.7 Å². The molecule has 35 heavy (non-hydrogen) atoms. The van der Waals surface area contributed by atoms with Gasteiger partial charge >= 0.3 is 0 Å². The van der Waals surface area contributed by atoms with Gasteiger partial charge in [-0.2, -0.15) is 0 Å². The van der Waals surface area contributed by atoms with Crippen LogP contribution < -0.4 is 5.56 Å². The zero-order chi connectivity index (χ0) is 24.5. The van der Waals surface area contributed by atoms with Gasteiger partial charge in [0.2, 0.25) is 0 Å². The molecule has 0 unspecified atom stereocenters. The van der Waals surface area contributed by atoms with Gasteiger partial charge in [-0.25, -0.2) is 4.39 Å². The summed E-state index contributed by atoms with van der Waals surface area (Å²) in [7, 11) is 0. The normalized spacial score (nSPS) is 11.3. The van der Waals surface area contributed by atoms with Crippen LogP contribution in [0, 0.1) is 12.7 Å². The van der Waals surface area contributed by atoms with Gasteiger partial charge in [0.1, 0.15) is 10.7 Å². The SMILES string of the molecule is Cc1ccc2cc(CN(CCc3ccccc3)C(=O)c3sc4cc(F)ccc4c3Cl)c(=O)[nH]c2c1. The summed E-state index contributed by atoms with van der Waals surface area (Å²) in [5.74, 6) is -0.663. The molecule has 5 rings (SSSR count). The minimum atomic E-state index is -0.381. The van der Waals surface area contributed by atoms with Gasteiger partial charge in [0.15, 0.2) is 0 Å².